The number of aliphatic hydroxyl groups excluding tert-OH is 2. The van der Waals surface area contributed by atoms with Gasteiger partial charge in [0.15, 0.2) is 11.6 Å². The number of allylic oxidation sites excluding steroid dienone is 4. The Hall–Kier alpha value is -9.32. The summed E-state index contributed by atoms with van der Waals surface area (Å²) in [7, 11) is -1.48. The van der Waals surface area contributed by atoms with E-state index in [1.807, 2.05) is 85.2 Å². The van der Waals surface area contributed by atoms with Crippen LogP contribution >= 0.6 is 0 Å². The van der Waals surface area contributed by atoms with E-state index in [-0.39, 0.29) is 84.4 Å². The molecule has 3 aromatic heterocycles. The van der Waals surface area contributed by atoms with Gasteiger partial charge in [0, 0.05) is 81.8 Å². The van der Waals surface area contributed by atoms with Crippen molar-refractivity contribution in [2.75, 3.05) is 9.80 Å². The zero-order chi connectivity index (χ0) is 79.9. The van der Waals surface area contributed by atoms with Crippen molar-refractivity contribution in [1.29, 1.82) is 0 Å². The maximum atomic E-state index is 10.0. The van der Waals surface area contributed by atoms with E-state index in [9.17, 15) is 9.59 Å². The number of fused-ring (bicyclic) bond motifs is 5. The minimum atomic E-state index is -1.70. The first-order chi connectivity index (χ1) is 53.0. The summed E-state index contributed by atoms with van der Waals surface area (Å²) in [5.41, 5.74) is 24.2. The zero-order valence-electron chi connectivity index (χ0n) is 68.4. The molecular formula is C100H104GeIr2N5O4PtSi-3. The van der Waals surface area contributed by atoms with Crippen LogP contribution in [0.25, 0.3) is 66.8 Å². The molecule has 0 saturated carbocycles. The standard InChI is InChI=1S/C24H26.C20H20NSi.C19H14N2.C15H18GeN.C12H10N.2C5H8O2.2Ir.Pt/c1-15(2)19-13-23(16(3)4)22-9-7-8-21(24(22)14-19)20-11-17(5)10-18(6)12-20;1-22(2,3)20-14-19(17-12-8-5-9-13-17)21-15-18(20)16-10-6-4-7-11-16;1-3-9-16(10-4-1)20-15-21(17-11-5-2-6-12-17)19-14-8-7-13-18(19)20;1-16(2,3)13-8-9-15-14-7-5-4-6-12(14)10-17(15)11-13;1-10-6-5-9-13-12(10)11-7-3-2-4-8-11;2*1-4(6)3-5(2)7;;;/h7,9-11,13-16H,1-6H3;4-12,14-15H,1-3H3;1-11,13-15H;4-9,11H,10H2,1-3H3;2-7,9H,1H3;2*3,6H,1-2H3;;;/q-2;-1;-2;+1;-1;;;;;+2. The largest absolute Gasteiger partial charge is 2.00 e. The molecule has 0 bridgehead atoms. The summed E-state index contributed by atoms with van der Waals surface area (Å²) in [6.07, 6.45) is 8.55. The number of ketones is 2. The predicted octanol–water partition coefficient (Wildman–Crippen LogP) is 24.1. The minimum absolute atomic E-state index is 0. The second-order valence-corrected chi connectivity index (χ2v) is 46.2. The fourth-order valence-electron chi connectivity index (χ4n) is 13.0. The van der Waals surface area contributed by atoms with E-state index in [0.717, 1.165) is 46.0 Å². The summed E-state index contributed by atoms with van der Waals surface area (Å²) in [5, 5.41) is 20.8. The molecule has 13 aromatic rings. The quantitative estimate of drug-likeness (QED) is 0.0409. The van der Waals surface area contributed by atoms with Gasteiger partial charge < -0.3 is 30.0 Å². The number of aliphatic hydroxyl groups is 2. The molecule has 2 aliphatic heterocycles. The summed E-state index contributed by atoms with van der Waals surface area (Å²) in [6, 6.07) is 103. The molecule has 2 radical (unpaired) electrons. The summed E-state index contributed by atoms with van der Waals surface area (Å²) < 4.78 is 4.00. The Morgan fingerprint density at radius 3 is 1.68 bits per heavy atom. The van der Waals surface area contributed by atoms with Crippen LogP contribution in [0.1, 0.15) is 101 Å². The third-order valence-electron chi connectivity index (χ3n) is 18.4. The van der Waals surface area contributed by atoms with Crippen molar-refractivity contribution in [3.8, 4) is 56.0 Å². The number of aromatic nitrogens is 3. The Labute approximate surface area is 723 Å². The molecule has 0 spiro atoms. The molecule has 2 N–H and O–H groups in total. The Morgan fingerprint density at radius 1 is 0.561 bits per heavy atom. The van der Waals surface area contributed by atoms with Crippen molar-refractivity contribution >= 4 is 76.0 Å². The SMILES string of the molecule is CC(=O)C=C(C)O.CC(=O)C=C(C)O.C[Si](C)(C)c1cc(-c2[c-]cccc2)ncc1-c1ccccc1.Cc1[c-]c(-c2[c-]ccc3c(C(C)C)cc(C(C)C)cc23)cc(C)c1.Cc1cccnc1-c1[c-]cccc1.[CH3][Ge]([CH3])([CH3])[c]1ccc2[n+](c1)Cc1ccccc1-2.[Ir].[Ir].[Pt+2].[c-]1ccccc1N1[CH-]N(c2ccccc2)c2ccccc21. The number of pyridine rings is 3. The third kappa shape index (κ3) is 26.6. The van der Waals surface area contributed by atoms with Gasteiger partial charge in [-0.05, 0) is 99.3 Å². The van der Waals surface area contributed by atoms with Gasteiger partial charge in [-0.1, -0.05) is 162 Å². The van der Waals surface area contributed by atoms with E-state index in [1.165, 1.54) is 129 Å². The Morgan fingerprint density at radius 2 is 1.14 bits per heavy atom. The monoisotopic (exact) mass is 2120 g/mol. The number of carbonyl (C=O) groups excluding carboxylic acids is 2. The maximum absolute atomic E-state index is 10.0. The van der Waals surface area contributed by atoms with E-state index >= 15 is 0 Å². The van der Waals surface area contributed by atoms with Crippen LogP contribution in [0.2, 0.25) is 36.9 Å². The number of carbonyl (C=O) groups is 2. The van der Waals surface area contributed by atoms with Crippen LogP contribution in [-0.4, -0.2) is 53.1 Å². The van der Waals surface area contributed by atoms with Gasteiger partial charge in [-0.2, -0.15) is 54.6 Å². The third-order valence-corrected chi connectivity index (χ3v) is 24.7. The minimum Gasteiger partial charge on any atom is -0.493 e. The Balaban J connectivity index is 0.000000213. The van der Waals surface area contributed by atoms with Crippen molar-refractivity contribution < 1.29 is 85.6 Å². The maximum Gasteiger partial charge on any atom is 2.00 e. The van der Waals surface area contributed by atoms with Gasteiger partial charge in [-0.3, -0.25) is 9.59 Å². The molecule has 0 fully saturated rings. The molecule has 5 heterocycles. The van der Waals surface area contributed by atoms with Crippen LogP contribution in [0.3, 0.4) is 0 Å². The molecule has 592 valence electrons. The summed E-state index contributed by atoms with van der Waals surface area (Å²) in [5.74, 6) is 8.24. The van der Waals surface area contributed by atoms with Gasteiger partial charge in [0.25, 0.3) is 0 Å². The molecule has 114 heavy (non-hydrogen) atoms. The number of hydrogen-bond donors (Lipinski definition) is 2. The fraction of sp³-hybridized carbons (Fsp3) is 0.200. The first-order valence-electron chi connectivity index (χ1n) is 37.9. The fourth-order valence-corrected chi connectivity index (χ4v) is 17.0. The van der Waals surface area contributed by atoms with E-state index in [1.54, 1.807) is 4.40 Å². The number of nitrogens with zero attached hydrogens (tertiary/aromatic N) is 5. The van der Waals surface area contributed by atoms with Crippen LogP contribution in [0, 0.1) is 57.8 Å². The Bertz CT molecular complexity index is 5210. The van der Waals surface area contributed by atoms with Crippen LogP contribution in [0.5, 0.6) is 0 Å². The molecule has 10 aromatic carbocycles. The van der Waals surface area contributed by atoms with E-state index in [4.69, 9.17) is 15.2 Å². The van der Waals surface area contributed by atoms with Gasteiger partial charge in [0.1, 0.15) is 0 Å². The number of aryl methyl sites for hydroxylation is 3. The molecule has 2 aliphatic rings. The van der Waals surface area contributed by atoms with Gasteiger partial charge >= 0.3 is 127 Å². The van der Waals surface area contributed by atoms with Crippen LogP contribution in [0.4, 0.5) is 22.7 Å². The molecule has 0 aliphatic carbocycles. The van der Waals surface area contributed by atoms with E-state index in [2.05, 4.69) is 324 Å². The van der Waals surface area contributed by atoms with E-state index < -0.39 is 21.3 Å². The molecule has 0 atom stereocenters. The molecule has 9 nitrogen and oxygen atoms in total. The molecule has 14 heteroatoms. The number of rotatable bonds is 12. The van der Waals surface area contributed by atoms with Crippen LogP contribution < -0.4 is 23.9 Å². The zero-order valence-corrected chi connectivity index (χ0v) is 78.6. The molecule has 0 saturated heterocycles. The molecule has 0 unspecified atom stereocenters. The predicted molar refractivity (Wildman–Crippen MR) is 470 cm³/mol. The smallest absolute Gasteiger partial charge is 0.493 e. The first kappa shape index (κ1) is 93.5. The first-order valence-corrected chi connectivity index (χ1v) is 48.7. The molecule has 0 amide bonds. The summed E-state index contributed by atoms with van der Waals surface area (Å²) in [4.78, 5) is 33.4. The Kier molecular flexibility index (Phi) is 36.5. The average Bonchev–Trinajstić information content (AvgIpc) is 1.48. The second kappa shape index (κ2) is 44.5. The van der Waals surface area contributed by atoms with Crippen LogP contribution in [0.15, 0.2) is 291 Å². The second-order valence-electron chi connectivity index (χ2n) is 30.5. The van der Waals surface area contributed by atoms with Gasteiger partial charge in [0.05, 0.1) is 19.6 Å². The number of para-hydroxylation sites is 4. The molecular weight excluding hydrogens is 2020 g/mol. The van der Waals surface area contributed by atoms with Gasteiger partial charge in [-0.15, -0.1) is 124 Å². The van der Waals surface area contributed by atoms with Crippen LogP contribution in [-0.2, 0) is 77.4 Å². The van der Waals surface area contributed by atoms with Crippen molar-refractivity contribution in [1.82, 2.24) is 9.97 Å². The van der Waals surface area contributed by atoms with Crippen molar-refractivity contribution in [3.63, 3.8) is 0 Å². The van der Waals surface area contributed by atoms with E-state index in [0.29, 0.717) is 11.8 Å². The number of benzene rings is 10. The van der Waals surface area contributed by atoms with Crippen molar-refractivity contribution in [2.24, 2.45) is 0 Å². The van der Waals surface area contributed by atoms with Gasteiger partial charge in [0.2, 0.25) is 0 Å². The normalized spacial score (nSPS) is 11.6. The number of hydrogen-bond acceptors (Lipinski definition) is 8. The average molecular weight is 2120 g/mol. The molecule has 15 rings (SSSR count). The summed E-state index contributed by atoms with van der Waals surface area (Å²) in [6.45, 7) is 31.4. The van der Waals surface area contributed by atoms with Crippen molar-refractivity contribution in [3.05, 3.63) is 361 Å². The number of anilines is 4. The summed E-state index contributed by atoms with van der Waals surface area (Å²) >= 11 is -1.70. The van der Waals surface area contributed by atoms with Crippen molar-refractivity contribution in [2.45, 2.75) is 131 Å². The van der Waals surface area contributed by atoms with Gasteiger partial charge in [-0.25, -0.2) is 11.1 Å². The topological polar surface area (TPSA) is 111 Å².